The van der Waals surface area contributed by atoms with Crippen LogP contribution in [-0.4, -0.2) is 86.5 Å². The van der Waals surface area contributed by atoms with Crippen LogP contribution in [0.15, 0.2) is 36.4 Å². The third-order valence-electron chi connectivity index (χ3n) is 5.32. The highest BCUT2D eigenvalue weighted by Gasteiger charge is 2.18. The van der Waals surface area contributed by atoms with E-state index in [-0.39, 0.29) is 5.78 Å². The second-order valence-electron chi connectivity index (χ2n) is 7.43. The molecule has 142 valence electrons. The lowest BCUT2D eigenvalue weighted by Gasteiger charge is -2.32. The van der Waals surface area contributed by atoms with Crippen LogP contribution in [0.4, 0.5) is 0 Å². The molecule has 0 aliphatic carbocycles. The quantitative estimate of drug-likeness (QED) is 0.526. The molecule has 0 spiro atoms. The minimum absolute atomic E-state index is 0.0348. The zero-order valence-corrected chi connectivity index (χ0v) is 16.0. The van der Waals surface area contributed by atoms with Gasteiger partial charge >= 0.3 is 0 Å². The third kappa shape index (κ3) is 5.40. The fourth-order valence-electron chi connectivity index (χ4n) is 3.55. The summed E-state index contributed by atoms with van der Waals surface area (Å²) in [5.41, 5.74) is 1.35. The molecule has 0 atom stereocenters. The normalized spacial score (nSPS) is 19.6. The highest BCUT2D eigenvalue weighted by Crippen LogP contribution is 2.16. The van der Waals surface area contributed by atoms with E-state index in [1.165, 1.54) is 25.9 Å². The van der Waals surface area contributed by atoms with Gasteiger partial charge in [-0.1, -0.05) is 6.58 Å². The first-order valence-electron chi connectivity index (χ1n) is 9.70. The van der Waals surface area contributed by atoms with E-state index in [1.54, 1.807) is 0 Å². The van der Waals surface area contributed by atoms with Crippen LogP contribution in [0.5, 0.6) is 5.75 Å². The number of Topliss-reactive ketones (excluding diaryl/α,β-unsaturated/α-hetero) is 1. The van der Waals surface area contributed by atoms with E-state index in [0.29, 0.717) is 24.3 Å². The first-order chi connectivity index (χ1) is 12.6. The summed E-state index contributed by atoms with van der Waals surface area (Å²) in [6.45, 7) is 12.8. The Bertz CT molecular complexity index is 600. The molecule has 0 unspecified atom stereocenters. The summed E-state index contributed by atoms with van der Waals surface area (Å²) >= 11 is 0. The van der Waals surface area contributed by atoms with Crippen molar-refractivity contribution in [2.45, 2.75) is 12.8 Å². The minimum Gasteiger partial charge on any atom is -0.492 e. The van der Waals surface area contributed by atoms with E-state index in [2.05, 4.69) is 28.3 Å². The number of likely N-dealkylation sites (N-methyl/N-ethyl adjacent to an activating group) is 1. The average Bonchev–Trinajstić information content (AvgIpc) is 3.17. The molecule has 0 amide bonds. The van der Waals surface area contributed by atoms with Crippen molar-refractivity contribution in [1.82, 2.24) is 14.7 Å². The molecule has 2 fully saturated rings. The highest BCUT2D eigenvalue weighted by atomic mass is 16.5. The predicted octanol–water partition coefficient (Wildman–Crippen LogP) is 2.15. The van der Waals surface area contributed by atoms with Crippen LogP contribution in [0.3, 0.4) is 0 Å². The Morgan fingerprint density at radius 1 is 1.00 bits per heavy atom. The molecule has 2 saturated heterocycles. The fourth-order valence-corrected chi connectivity index (χ4v) is 3.55. The van der Waals surface area contributed by atoms with Gasteiger partial charge in [0.15, 0.2) is 5.78 Å². The molecule has 5 nitrogen and oxygen atoms in total. The molecule has 0 N–H and O–H groups in total. The van der Waals surface area contributed by atoms with Gasteiger partial charge in [-0.2, -0.15) is 0 Å². The van der Waals surface area contributed by atoms with E-state index in [4.69, 9.17) is 4.74 Å². The SMILES string of the molecule is C=C(CN1CCN(C)CC1)C(=O)c1ccc(OCCN2CCCC2)cc1. The van der Waals surface area contributed by atoms with E-state index in [9.17, 15) is 4.79 Å². The predicted molar refractivity (Wildman–Crippen MR) is 105 cm³/mol. The molecule has 0 bridgehead atoms. The topological polar surface area (TPSA) is 36.0 Å². The van der Waals surface area contributed by atoms with Crippen LogP contribution < -0.4 is 4.74 Å². The number of likely N-dealkylation sites (tertiary alicyclic amines) is 1. The Labute approximate surface area is 157 Å². The van der Waals surface area contributed by atoms with Crippen molar-refractivity contribution < 1.29 is 9.53 Å². The Morgan fingerprint density at radius 3 is 2.31 bits per heavy atom. The minimum atomic E-state index is 0.0348. The number of ketones is 1. The third-order valence-corrected chi connectivity index (χ3v) is 5.32. The number of nitrogens with zero attached hydrogens (tertiary/aromatic N) is 3. The van der Waals surface area contributed by atoms with Gasteiger partial charge in [-0.3, -0.25) is 14.6 Å². The molecule has 2 aliphatic rings. The maximum atomic E-state index is 12.6. The van der Waals surface area contributed by atoms with Crippen LogP contribution in [-0.2, 0) is 0 Å². The first-order valence-corrected chi connectivity index (χ1v) is 9.70. The molecular weight excluding hydrogens is 326 g/mol. The lowest BCUT2D eigenvalue weighted by Crippen LogP contribution is -2.45. The molecule has 2 heterocycles. The average molecular weight is 357 g/mol. The largest absolute Gasteiger partial charge is 0.492 e. The summed E-state index contributed by atoms with van der Waals surface area (Å²) in [6.07, 6.45) is 2.60. The summed E-state index contributed by atoms with van der Waals surface area (Å²) < 4.78 is 5.81. The van der Waals surface area contributed by atoms with Crippen molar-refractivity contribution in [3.05, 3.63) is 42.0 Å². The Hall–Kier alpha value is -1.69. The molecule has 26 heavy (non-hydrogen) atoms. The summed E-state index contributed by atoms with van der Waals surface area (Å²) in [6, 6.07) is 7.48. The summed E-state index contributed by atoms with van der Waals surface area (Å²) in [4.78, 5) is 19.6. The summed E-state index contributed by atoms with van der Waals surface area (Å²) in [5, 5.41) is 0. The van der Waals surface area contributed by atoms with Gasteiger partial charge in [0.25, 0.3) is 0 Å². The second kappa shape index (κ2) is 9.31. The van der Waals surface area contributed by atoms with Gasteiger partial charge in [0.05, 0.1) is 0 Å². The standard InChI is InChI=1S/C21H31N3O2/c1-18(17-24-13-11-22(2)12-14-24)21(25)19-5-7-20(8-6-19)26-16-15-23-9-3-4-10-23/h5-8H,1,3-4,9-17H2,2H3. The molecule has 3 rings (SSSR count). The maximum absolute atomic E-state index is 12.6. The zero-order valence-electron chi connectivity index (χ0n) is 16.0. The van der Waals surface area contributed by atoms with Crippen LogP contribution in [0, 0.1) is 0 Å². The van der Waals surface area contributed by atoms with Gasteiger partial charge in [0.2, 0.25) is 0 Å². The van der Waals surface area contributed by atoms with Crippen molar-refractivity contribution in [3.8, 4) is 5.75 Å². The van der Waals surface area contributed by atoms with Gasteiger partial charge in [-0.15, -0.1) is 0 Å². The molecule has 1 aromatic carbocycles. The lowest BCUT2D eigenvalue weighted by atomic mass is 10.0. The number of carbonyl (C=O) groups is 1. The van der Waals surface area contributed by atoms with Crippen molar-refractivity contribution in [3.63, 3.8) is 0 Å². The number of ether oxygens (including phenoxy) is 1. The maximum Gasteiger partial charge on any atom is 0.189 e. The molecule has 1 aromatic rings. The van der Waals surface area contributed by atoms with Gasteiger partial charge in [-0.05, 0) is 57.2 Å². The van der Waals surface area contributed by atoms with Gasteiger partial charge in [0.1, 0.15) is 12.4 Å². The molecule has 0 radical (unpaired) electrons. The molecular formula is C21H31N3O2. The summed E-state index contributed by atoms with van der Waals surface area (Å²) in [5.74, 6) is 0.859. The molecule has 0 saturated carbocycles. The van der Waals surface area contributed by atoms with Gasteiger partial charge in [-0.25, -0.2) is 0 Å². The number of benzene rings is 1. The van der Waals surface area contributed by atoms with Crippen LogP contribution in [0.1, 0.15) is 23.2 Å². The molecule has 5 heteroatoms. The Morgan fingerprint density at radius 2 is 1.65 bits per heavy atom. The van der Waals surface area contributed by atoms with E-state index in [1.807, 2.05) is 24.3 Å². The number of carbonyl (C=O) groups excluding carboxylic acids is 1. The number of hydrogen-bond acceptors (Lipinski definition) is 5. The lowest BCUT2D eigenvalue weighted by molar-refractivity contribution is 0.101. The van der Waals surface area contributed by atoms with Crippen molar-refractivity contribution in [2.75, 3.05) is 66.0 Å². The van der Waals surface area contributed by atoms with E-state index < -0.39 is 0 Å². The van der Waals surface area contributed by atoms with Crippen molar-refractivity contribution >= 4 is 5.78 Å². The number of hydrogen-bond donors (Lipinski definition) is 0. The van der Waals surface area contributed by atoms with Crippen molar-refractivity contribution in [1.29, 1.82) is 0 Å². The van der Waals surface area contributed by atoms with E-state index >= 15 is 0 Å². The van der Waals surface area contributed by atoms with Gasteiger partial charge in [0, 0.05) is 50.4 Å². The van der Waals surface area contributed by atoms with Gasteiger partial charge < -0.3 is 9.64 Å². The van der Waals surface area contributed by atoms with Crippen LogP contribution >= 0.6 is 0 Å². The zero-order chi connectivity index (χ0) is 18.4. The number of piperazine rings is 1. The smallest absolute Gasteiger partial charge is 0.189 e. The van der Waals surface area contributed by atoms with Crippen molar-refractivity contribution in [2.24, 2.45) is 0 Å². The highest BCUT2D eigenvalue weighted by molar-refractivity contribution is 6.08. The van der Waals surface area contributed by atoms with E-state index in [0.717, 1.165) is 38.5 Å². The second-order valence-corrected chi connectivity index (χ2v) is 7.43. The summed E-state index contributed by atoms with van der Waals surface area (Å²) in [7, 11) is 2.13. The van der Waals surface area contributed by atoms with Crippen LogP contribution in [0.2, 0.25) is 0 Å². The Kier molecular flexibility index (Phi) is 6.83. The number of rotatable bonds is 8. The fraction of sp³-hybridized carbons (Fsp3) is 0.571. The monoisotopic (exact) mass is 357 g/mol. The first kappa shape index (κ1) is 19.1. The molecule has 2 aliphatic heterocycles. The van der Waals surface area contributed by atoms with Crippen LogP contribution in [0.25, 0.3) is 0 Å². The Balaban J connectivity index is 1.44. The molecule has 0 aromatic heterocycles.